The molecule has 2 fully saturated rings. The fraction of sp³-hybridized carbons (Fsp3) is 0.636. The molecule has 0 saturated carbocycles. The minimum absolute atomic E-state index is 0.0503. The zero-order valence-electron chi connectivity index (χ0n) is 20.1. The number of ether oxygens (including phenoxy) is 2. The van der Waals surface area contributed by atoms with E-state index in [-0.39, 0.29) is 52.9 Å². The Morgan fingerprint density at radius 2 is 1.91 bits per heavy atom. The summed E-state index contributed by atoms with van der Waals surface area (Å²) in [5, 5.41) is -0.807. The topological polar surface area (TPSA) is 115 Å². The van der Waals surface area contributed by atoms with Crippen LogP contribution in [0.4, 0.5) is 15.0 Å². The molecule has 0 radical (unpaired) electrons. The van der Waals surface area contributed by atoms with E-state index in [1.165, 1.54) is 0 Å². The Hall–Kier alpha value is -2.47. The van der Waals surface area contributed by atoms with Crippen LogP contribution in [0.15, 0.2) is 5.16 Å². The van der Waals surface area contributed by atoms with Crippen molar-refractivity contribution in [2.75, 3.05) is 17.7 Å². The number of pyridine rings is 1. The fourth-order valence-electron chi connectivity index (χ4n) is 5.28. The van der Waals surface area contributed by atoms with E-state index in [9.17, 15) is 13.2 Å². The van der Waals surface area contributed by atoms with E-state index < -0.39 is 31.6 Å². The Labute approximate surface area is 207 Å². The monoisotopic (exact) mass is 527 g/mol. The number of nitrogens with zero attached hydrogens (tertiary/aromatic N) is 5. The lowest BCUT2D eigenvalue weighted by Crippen LogP contribution is -2.63. The third-order valence-electron chi connectivity index (χ3n) is 6.56. The van der Waals surface area contributed by atoms with Gasteiger partial charge in [0.1, 0.15) is 22.3 Å². The predicted octanol–water partition coefficient (Wildman–Crippen LogP) is 3.35. The molecule has 1 unspecified atom stereocenters. The number of hydrogen-bond donors (Lipinski definition) is 0. The summed E-state index contributed by atoms with van der Waals surface area (Å²) in [6, 6.07) is -0.663. The number of carbonyl (C=O) groups is 1. The summed E-state index contributed by atoms with van der Waals surface area (Å²) in [6.07, 6.45) is 2.20. The lowest BCUT2D eigenvalue weighted by molar-refractivity contribution is 0.00508. The molecule has 2 saturated heterocycles. The fourth-order valence-corrected chi connectivity index (χ4v) is 5.96. The minimum Gasteiger partial charge on any atom is -0.474 e. The maximum Gasteiger partial charge on any atom is 0.410 e. The van der Waals surface area contributed by atoms with Crippen LogP contribution in [0.1, 0.15) is 47.0 Å². The van der Waals surface area contributed by atoms with E-state index in [1.807, 2.05) is 32.6 Å². The minimum atomic E-state index is -3.88. The highest BCUT2D eigenvalue weighted by atomic mass is 35.5. The van der Waals surface area contributed by atoms with Crippen molar-refractivity contribution in [3.63, 3.8) is 0 Å². The molecule has 3 aliphatic rings. The van der Waals surface area contributed by atoms with Gasteiger partial charge in [0.25, 0.3) is 0 Å². The molecular weight excluding hydrogens is 501 g/mol. The second-order valence-corrected chi connectivity index (χ2v) is 12.7. The number of fused-ring (bicyclic) bond motifs is 5. The molecule has 0 N–H and O–H groups in total. The molecule has 0 aliphatic carbocycles. The Balaban J connectivity index is 1.70. The van der Waals surface area contributed by atoms with Crippen LogP contribution in [0.5, 0.6) is 5.88 Å². The summed E-state index contributed by atoms with van der Waals surface area (Å²) in [6.45, 7) is 7.69. The van der Waals surface area contributed by atoms with Crippen molar-refractivity contribution >= 4 is 44.3 Å². The van der Waals surface area contributed by atoms with Crippen molar-refractivity contribution in [1.29, 1.82) is 0 Å². The number of anilines is 1. The van der Waals surface area contributed by atoms with Crippen molar-refractivity contribution in [2.45, 2.75) is 81.9 Å². The van der Waals surface area contributed by atoms with Crippen molar-refractivity contribution < 1.29 is 27.1 Å². The summed E-state index contributed by atoms with van der Waals surface area (Å²) in [4.78, 5) is 29.3. The van der Waals surface area contributed by atoms with E-state index in [0.717, 1.165) is 19.1 Å². The second kappa shape index (κ2) is 8.02. The standard InChI is InChI=1S/C22H27ClFN5O5S/c1-10-8-13-12-7-6-11(29(12)21(30)34-22(2,3)4)9-28(13)18-14-16(25-20(27-18)35(5,31)32)15(24)17(23)26-19(14)33-10/h10-13H,6-9H2,1-5H3/t10?,11-,12+,13-/m1/s1. The Morgan fingerprint density at radius 3 is 2.57 bits per heavy atom. The SMILES string of the molecule is CC1C[C@@H]2[C@@H]3CC[C@H](CN2c2nc(S(C)(=O)=O)nc4c(F)c(Cl)nc(c24)O1)N3C(=O)OC(C)(C)C. The molecule has 1 amide bonds. The quantitative estimate of drug-likeness (QED) is 0.406. The van der Waals surface area contributed by atoms with Crippen LogP contribution in [-0.2, 0) is 14.6 Å². The lowest BCUT2D eigenvalue weighted by Gasteiger charge is -2.48. The van der Waals surface area contributed by atoms with Crippen LogP contribution in [0, 0.1) is 5.82 Å². The highest BCUT2D eigenvalue weighted by Gasteiger charge is 2.51. The maximum atomic E-state index is 15.1. The van der Waals surface area contributed by atoms with Crippen LogP contribution < -0.4 is 9.64 Å². The normalized spacial score (nSPS) is 26.1. The van der Waals surface area contributed by atoms with Gasteiger partial charge in [0.2, 0.25) is 20.9 Å². The highest BCUT2D eigenvalue weighted by molar-refractivity contribution is 7.90. The smallest absolute Gasteiger partial charge is 0.410 e. The summed E-state index contributed by atoms with van der Waals surface area (Å²) < 4.78 is 51.7. The Kier molecular flexibility index (Phi) is 5.55. The van der Waals surface area contributed by atoms with Gasteiger partial charge in [0.05, 0.1) is 24.2 Å². The van der Waals surface area contributed by atoms with E-state index in [1.54, 1.807) is 4.90 Å². The van der Waals surface area contributed by atoms with Crippen molar-refractivity contribution in [3.8, 4) is 5.88 Å². The molecule has 2 bridgehead atoms. The largest absolute Gasteiger partial charge is 0.474 e. The number of hydrogen-bond acceptors (Lipinski definition) is 9. The van der Waals surface area contributed by atoms with Gasteiger partial charge in [-0.3, -0.25) is 4.90 Å². The molecule has 13 heteroatoms. The van der Waals surface area contributed by atoms with Gasteiger partial charge in [-0.2, -0.15) is 4.98 Å². The van der Waals surface area contributed by atoms with Gasteiger partial charge in [-0.1, -0.05) is 11.6 Å². The third-order valence-corrected chi connectivity index (χ3v) is 7.66. The number of carbonyl (C=O) groups excluding carboxylic acids is 1. The molecular formula is C22H27ClFN5O5S. The van der Waals surface area contributed by atoms with E-state index in [4.69, 9.17) is 21.1 Å². The first-order valence-electron chi connectivity index (χ1n) is 11.5. The first-order chi connectivity index (χ1) is 16.2. The Bertz CT molecular complexity index is 1330. The summed E-state index contributed by atoms with van der Waals surface area (Å²) in [7, 11) is -3.88. The predicted molar refractivity (Wildman–Crippen MR) is 126 cm³/mol. The number of aromatic nitrogens is 3. The van der Waals surface area contributed by atoms with Gasteiger partial charge in [-0.05, 0) is 40.5 Å². The number of amides is 1. The molecule has 4 atom stereocenters. The molecule has 3 aliphatic heterocycles. The van der Waals surface area contributed by atoms with E-state index in [0.29, 0.717) is 13.0 Å². The zero-order valence-corrected chi connectivity index (χ0v) is 21.7. The number of halogens is 2. The van der Waals surface area contributed by atoms with Crippen LogP contribution >= 0.6 is 11.6 Å². The molecule has 5 heterocycles. The molecule has 2 aromatic heterocycles. The van der Waals surface area contributed by atoms with E-state index in [2.05, 4.69) is 15.0 Å². The zero-order chi connectivity index (χ0) is 25.4. The molecule has 2 aromatic rings. The molecule has 5 rings (SSSR count). The van der Waals surface area contributed by atoms with Crippen molar-refractivity contribution in [1.82, 2.24) is 19.9 Å². The maximum absolute atomic E-state index is 15.1. The van der Waals surface area contributed by atoms with Crippen LogP contribution in [-0.4, -0.2) is 77.0 Å². The average Bonchev–Trinajstić information content (AvgIpc) is 3.06. The molecule has 0 aromatic carbocycles. The van der Waals surface area contributed by atoms with Crippen molar-refractivity contribution in [2.24, 2.45) is 0 Å². The van der Waals surface area contributed by atoms with Gasteiger partial charge < -0.3 is 14.4 Å². The van der Waals surface area contributed by atoms with Crippen LogP contribution in [0.25, 0.3) is 10.9 Å². The van der Waals surface area contributed by atoms with Crippen LogP contribution in [0.2, 0.25) is 5.15 Å². The number of sulfone groups is 1. The average molecular weight is 528 g/mol. The van der Waals surface area contributed by atoms with E-state index >= 15 is 4.39 Å². The van der Waals surface area contributed by atoms with Gasteiger partial charge in [-0.25, -0.2) is 27.6 Å². The van der Waals surface area contributed by atoms with Crippen molar-refractivity contribution in [3.05, 3.63) is 11.0 Å². The van der Waals surface area contributed by atoms with Gasteiger partial charge >= 0.3 is 6.09 Å². The molecule has 190 valence electrons. The van der Waals surface area contributed by atoms with Gasteiger partial charge in [-0.15, -0.1) is 0 Å². The number of rotatable bonds is 1. The summed E-state index contributed by atoms with van der Waals surface area (Å²) >= 11 is 6.01. The van der Waals surface area contributed by atoms with Gasteiger partial charge in [0.15, 0.2) is 11.0 Å². The third kappa shape index (κ3) is 4.14. The van der Waals surface area contributed by atoms with Gasteiger partial charge in [0, 0.05) is 19.2 Å². The van der Waals surface area contributed by atoms with Crippen LogP contribution in [0.3, 0.4) is 0 Å². The Morgan fingerprint density at radius 1 is 1.20 bits per heavy atom. The summed E-state index contributed by atoms with van der Waals surface area (Å²) in [5.41, 5.74) is -0.907. The first-order valence-corrected chi connectivity index (χ1v) is 13.7. The highest BCUT2D eigenvalue weighted by Crippen LogP contribution is 2.45. The number of piperazine rings is 1. The molecule has 10 nitrogen and oxygen atoms in total. The second-order valence-electron chi connectivity index (χ2n) is 10.4. The summed E-state index contributed by atoms with van der Waals surface area (Å²) in [5.74, 6) is -0.678. The lowest BCUT2D eigenvalue weighted by atomic mass is 9.96. The molecule has 35 heavy (non-hydrogen) atoms. The molecule has 0 spiro atoms. The first kappa shape index (κ1) is 24.2.